The van der Waals surface area contributed by atoms with Gasteiger partial charge in [0.25, 0.3) is 5.91 Å². The van der Waals surface area contributed by atoms with Crippen LogP contribution in [0.1, 0.15) is 23.2 Å². The molecule has 0 aromatic heterocycles. The second-order valence-corrected chi connectivity index (χ2v) is 4.42. The van der Waals surface area contributed by atoms with E-state index in [2.05, 4.69) is 10.1 Å². The van der Waals surface area contributed by atoms with Crippen molar-refractivity contribution in [1.29, 1.82) is 0 Å². The Kier molecular flexibility index (Phi) is 4.49. The Morgan fingerprint density at radius 2 is 2.05 bits per heavy atom. The Labute approximate surface area is 113 Å². The molecule has 0 spiro atoms. The normalized spacial score (nSPS) is 18.9. The van der Waals surface area contributed by atoms with Gasteiger partial charge >= 0.3 is 6.36 Å². The molecule has 1 atom stereocenters. The average Bonchev–Trinajstić information content (AvgIpc) is 2.88. The first kappa shape index (κ1) is 14.6. The molecule has 1 N–H and O–H groups in total. The molecule has 0 aliphatic carbocycles. The number of ether oxygens (including phenoxy) is 2. The van der Waals surface area contributed by atoms with Gasteiger partial charge < -0.3 is 14.8 Å². The van der Waals surface area contributed by atoms with Gasteiger partial charge in [0.05, 0.1) is 6.10 Å². The van der Waals surface area contributed by atoms with Crippen molar-refractivity contribution in [2.24, 2.45) is 0 Å². The van der Waals surface area contributed by atoms with Crippen LogP contribution in [-0.2, 0) is 4.74 Å². The summed E-state index contributed by atoms with van der Waals surface area (Å²) >= 11 is 0. The van der Waals surface area contributed by atoms with Crippen LogP contribution in [0.15, 0.2) is 24.3 Å². The summed E-state index contributed by atoms with van der Waals surface area (Å²) in [6.45, 7) is 1.10. The first-order valence-electron chi connectivity index (χ1n) is 6.20. The summed E-state index contributed by atoms with van der Waals surface area (Å²) < 4.78 is 45.0. The lowest BCUT2D eigenvalue weighted by Gasteiger charge is -2.11. The van der Waals surface area contributed by atoms with E-state index in [1.807, 2.05) is 0 Å². The van der Waals surface area contributed by atoms with Crippen LogP contribution in [-0.4, -0.2) is 31.5 Å². The first-order valence-corrected chi connectivity index (χ1v) is 6.20. The Bertz CT molecular complexity index is 453. The summed E-state index contributed by atoms with van der Waals surface area (Å²) in [5.41, 5.74) is 0.275. The highest BCUT2D eigenvalue weighted by atomic mass is 19.4. The molecular formula is C13H14F3NO3. The SMILES string of the molecule is O=C(NCC1CCCO1)c1ccc(OC(F)(F)F)cc1. The van der Waals surface area contributed by atoms with Crippen molar-refractivity contribution < 1.29 is 27.4 Å². The van der Waals surface area contributed by atoms with Crippen molar-refractivity contribution in [2.45, 2.75) is 25.3 Å². The monoisotopic (exact) mass is 289 g/mol. The van der Waals surface area contributed by atoms with Gasteiger partial charge in [0, 0.05) is 18.7 Å². The van der Waals surface area contributed by atoms with Crippen LogP contribution in [0.5, 0.6) is 5.75 Å². The predicted molar refractivity (Wildman–Crippen MR) is 64.4 cm³/mol. The molecule has 2 rings (SSSR count). The van der Waals surface area contributed by atoms with Gasteiger partial charge in [-0.2, -0.15) is 0 Å². The van der Waals surface area contributed by atoms with Crippen molar-refractivity contribution in [3.8, 4) is 5.75 Å². The molecule has 1 heterocycles. The molecule has 1 amide bonds. The van der Waals surface area contributed by atoms with Crippen molar-refractivity contribution in [2.75, 3.05) is 13.2 Å². The summed E-state index contributed by atoms with van der Waals surface area (Å²) in [6, 6.07) is 4.78. The number of carbonyl (C=O) groups is 1. The third-order valence-corrected chi connectivity index (χ3v) is 2.86. The molecule has 7 heteroatoms. The second kappa shape index (κ2) is 6.13. The standard InChI is InChI=1S/C13H14F3NO3/c14-13(15,16)20-10-5-3-9(4-6-10)12(18)17-8-11-2-1-7-19-11/h3-6,11H,1-2,7-8H2,(H,17,18). The fourth-order valence-corrected chi connectivity index (χ4v) is 1.92. The van der Waals surface area contributed by atoms with Crippen LogP contribution in [0.25, 0.3) is 0 Å². The van der Waals surface area contributed by atoms with Gasteiger partial charge in [-0.25, -0.2) is 0 Å². The smallest absolute Gasteiger partial charge is 0.406 e. The molecular weight excluding hydrogens is 275 g/mol. The molecule has 20 heavy (non-hydrogen) atoms. The summed E-state index contributed by atoms with van der Waals surface area (Å²) in [4.78, 5) is 11.8. The largest absolute Gasteiger partial charge is 0.573 e. The first-order chi connectivity index (χ1) is 9.44. The zero-order chi connectivity index (χ0) is 14.6. The number of rotatable bonds is 4. The van der Waals surface area contributed by atoms with Gasteiger partial charge in [-0.3, -0.25) is 4.79 Å². The van der Waals surface area contributed by atoms with Gasteiger partial charge in [0.2, 0.25) is 0 Å². The summed E-state index contributed by atoms with van der Waals surface area (Å²) in [5.74, 6) is -0.702. The van der Waals surface area contributed by atoms with Gasteiger partial charge in [0.1, 0.15) is 5.75 Å². The van der Waals surface area contributed by atoms with E-state index in [4.69, 9.17) is 4.74 Å². The van der Waals surface area contributed by atoms with E-state index in [1.54, 1.807) is 0 Å². The van der Waals surface area contributed by atoms with Crippen LogP contribution in [0, 0.1) is 0 Å². The molecule has 1 saturated heterocycles. The fourth-order valence-electron chi connectivity index (χ4n) is 1.92. The van der Waals surface area contributed by atoms with E-state index in [0.29, 0.717) is 13.2 Å². The lowest BCUT2D eigenvalue weighted by Crippen LogP contribution is -2.31. The number of carbonyl (C=O) groups excluding carboxylic acids is 1. The Balaban J connectivity index is 1.86. The number of nitrogens with one attached hydrogen (secondary N) is 1. The third kappa shape index (κ3) is 4.41. The molecule has 0 bridgehead atoms. The van der Waals surface area contributed by atoms with Gasteiger partial charge in [-0.1, -0.05) is 0 Å². The van der Waals surface area contributed by atoms with Crippen LogP contribution in [0.3, 0.4) is 0 Å². The summed E-state index contributed by atoms with van der Waals surface area (Å²) in [6.07, 6.45) is -2.83. The zero-order valence-electron chi connectivity index (χ0n) is 10.6. The van der Waals surface area contributed by atoms with E-state index in [0.717, 1.165) is 25.0 Å². The van der Waals surface area contributed by atoms with Gasteiger partial charge in [-0.15, -0.1) is 13.2 Å². The van der Waals surface area contributed by atoms with Crippen molar-refractivity contribution >= 4 is 5.91 Å². The fraction of sp³-hybridized carbons (Fsp3) is 0.462. The highest BCUT2D eigenvalue weighted by Crippen LogP contribution is 2.22. The van der Waals surface area contributed by atoms with Crippen molar-refractivity contribution in [3.63, 3.8) is 0 Å². The molecule has 1 fully saturated rings. The van der Waals surface area contributed by atoms with Crippen molar-refractivity contribution in [1.82, 2.24) is 5.32 Å². The second-order valence-electron chi connectivity index (χ2n) is 4.42. The van der Waals surface area contributed by atoms with E-state index in [9.17, 15) is 18.0 Å². The Morgan fingerprint density at radius 1 is 1.35 bits per heavy atom. The van der Waals surface area contributed by atoms with E-state index in [1.165, 1.54) is 12.1 Å². The molecule has 0 saturated carbocycles. The molecule has 1 aliphatic rings. The van der Waals surface area contributed by atoms with E-state index < -0.39 is 6.36 Å². The van der Waals surface area contributed by atoms with E-state index in [-0.39, 0.29) is 23.3 Å². The predicted octanol–water partition coefficient (Wildman–Crippen LogP) is 2.49. The molecule has 110 valence electrons. The maximum Gasteiger partial charge on any atom is 0.573 e. The number of halogens is 3. The minimum Gasteiger partial charge on any atom is -0.406 e. The van der Waals surface area contributed by atoms with Gasteiger partial charge in [0.15, 0.2) is 0 Å². The number of hydrogen-bond donors (Lipinski definition) is 1. The maximum atomic E-state index is 12.0. The molecule has 1 aliphatic heterocycles. The Morgan fingerprint density at radius 3 is 2.60 bits per heavy atom. The maximum absolute atomic E-state index is 12.0. The highest BCUT2D eigenvalue weighted by Gasteiger charge is 2.31. The van der Waals surface area contributed by atoms with Gasteiger partial charge in [-0.05, 0) is 37.1 Å². The molecule has 1 unspecified atom stereocenters. The summed E-state index contributed by atoms with van der Waals surface area (Å²) in [7, 11) is 0. The third-order valence-electron chi connectivity index (χ3n) is 2.86. The number of amides is 1. The topological polar surface area (TPSA) is 47.6 Å². The average molecular weight is 289 g/mol. The Hall–Kier alpha value is -1.76. The van der Waals surface area contributed by atoms with Crippen molar-refractivity contribution in [3.05, 3.63) is 29.8 Å². The number of hydrogen-bond acceptors (Lipinski definition) is 3. The van der Waals surface area contributed by atoms with E-state index >= 15 is 0 Å². The highest BCUT2D eigenvalue weighted by molar-refractivity contribution is 5.94. The number of benzene rings is 1. The van der Waals surface area contributed by atoms with Crippen LogP contribution >= 0.6 is 0 Å². The minimum atomic E-state index is -4.73. The van der Waals surface area contributed by atoms with Crippen LogP contribution in [0.2, 0.25) is 0 Å². The minimum absolute atomic E-state index is 0.0202. The quantitative estimate of drug-likeness (QED) is 0.926. The lowest BCUT2D eigenvalue weighted by atomic mass is 10.2. The zero-order valence-corrected chi connectivity index (χ0v) is 10.6. The lowest BCUT2D eigenvalue weighted by molar-refractivity contribution is -0.274. The molecule has 0 radical (unpaired) electrons. The van der Waals surface area contributed by atoms with Crippen LogP contribution < -0.4 is 10.1 Å². The molecule has 1 aromatic rings. The molecule has 4 nitrogen and oxygen atoms in total. The van der Waals surface area contributed by atoms with Crippen LogP contribution in [0.4, 0.5) is 13.2 Å². The summed E-state index contributed by atoms with van der Waals surface area (Å²) in [5, 5.41) is 2.68. The molecule has 1 aromatic carbocycles. The number of alkyl halides is 3.